The van der Waals surface area contributed by atoms with Crippen LogP contribution in [0.4, 0.5) is 10.1 Å². The van der Waals surface area contributed by atoms with Crippen molar-refractivity contribution in [1.29, 1.82) is 0 Å². The van der Waals surface area contributed by atoms with E-state index in [1.165, 1.54) is 12.1 Å². The van der Waals surface area contributed by atoms with E-state index in [1.807, 2.05) is 0 Å². The van der Waals surface area contributed by atoms with E-state index >= 15 is 0 Å². The number of carbonyl (C=O) groups is 1. The molecule has 20 heavy (non-hydrogen) atoms. The molecule has 0 aliphatic carbocycles. The van der Waals surface area contributed by atoms with Crippen LogP contribution >= 0.6 is 28.1 Å². The zero-order chi connectivity index (χ0) is 14.8. The molecule has 0 spiro atoms. The number of benzene rings is 1. The first-order valence-corrected chi connectivity index (χ1v) is 7.30. The smallest absolute Gasteiger partial charge is 0.237 e. The van der Waals surface area contributed by atoms with Crippen LogP contribution in [0.15, 0.2) is 22.7 Å². The maximum Gasteiger partial charge on any atom is 0.237 e. The number of halogens is 2. The van der Waals surface area contributed by atoms with Gasteiger partial charge in [0, 0.05) is 17.7 Å². The van der Waals surface area contributed by atoms with E-state index in [4.69, 9.17) is 22.7 Å². The number of nitrogens with one attached hydrogen (secondary N) is 1. The molecule has 108 valence electrons. The predicted octanol–water partition coefficient (Wildman–Crippen LogP) is 2.61. The summed E-state index contributed by atoms with van der Waals surface area (Å²) in [5, 5.41) is 2.58. The van der Waals surface area contributed by atoms with Crippen molar-refractivity contribution in [2.75, 3.05) is 18.5 Å². The lowest BCUT2D eigenvalue weighted by Gasteiger charge is -2.34. The minimum Gasteiger partial charge on any atom is -0.392 e. The van der Waals surface area contributed by atoms with Crippen molar-refractivity contribution < 1.29 is 13.9 Å². The van der Waals surface area contributed by atoms with Crippen molar-refractivity contribution in [2.45, 2.75) is 12.8 Å². The number of hydrogen-bond acceptors (Lipinski definition) is 3. The summed E-state index contributed by atoms with van der Waals surface area (Å²) in [5.41, 5.74) is 4.87. The van der Waals surface area contributed by atoms with Crippen LogP contribution in [0.5, 0.6) is 0 Å². The van der Waals surface area contributed by atoms with E-state index in [0.717, 1.165) is 0 Å². The number of carbonyl (C=O) groups excluding carboxylic acids is 1. The van der Waals surface area contributed by atoms with E-state index in [2.05, 4.69) is 21.2 Å². The van der Waals surface area contributed by atoms with Crippen LogP contribution in [0, 0.1) is 11.2 Å². The second-order valence-electron chi connectivity index (χ2n) is 4.64. The van der Waals surface area contributed by atoms with Gasteiger partial charge in [-0.1, -0.05) is 28.1 Å². The molecule has 1 aromatic rings. The second kappa shape index (κ2) is 6.15. The van der Waals surface area contributed by atoms with Crippen molar-refractivity contribution in [2.24, 2.45) is 11.1 Å². The molecular weight excluding hydrogens is 347 g/mol. The van der Waals surface area contributed by atoms with Crippen LogP contribution in [-0.4, -0.2) is 24.1 Å². The van der Waals surface area contributed by atoms with Gasteiger partial charge in [-0.25, -0.2) is 4.39 Å². The summed E-state index contributed by atoms with van der Waals surface area (Å²) < 4.78 is 19.6. The molecule has 1 aromatic carbocycles. The maximum atomic E-state index is 13.7. The van der Waals surface area contributed by atoms with E-state index in [1.54, 1.807) is 6.07 Å². The third-order valence-electron chi connectivity index (χ3n) is 3.43. The van der Waals surface area contributed by atoms with Crippen molar-refractivity contribution in [3.8, 4) is 0 Å². The van der Waals surface area contributed by atoms with Crippen LogP contribution in [-0.2, 0) is 9.53 Å². The highest BCUT2D eigenvalue weighted by Gasteiger charge is 2.43. The molecule has 0 atom stereocenters. The summed E-state index contributed by atoms with van der Waals surface area (Å²) in [6, 6.07) is 4.33. The summed E-state index contributed by atoms with van der Waals surface area (Å²) in [4.78, 5) is 12.6. The third kappa shape index (κ3) is 2.99. The molecule has 0 aromatic heterocycles. The number of hydrogen-bond donors (Lipinski definition) is 2. The Bertz CT molecular complexity index is 547. The lowest BCUT2D eigenvalue weighted by atomic mass is 9.79. The minimum atomic E-state index is -0.970. The Hall–Kier alpha value is -1.05. The van der Waals surface area contributed by atoms with E-state index < -0.39 is 11.2 Å². The summed E-state index contributed by atoms with van der Waals surface area (Å²) in [6.07, 6.45) is 0.813. The minimum absolute atomic E-state index is 0.103. The molecule has 0 radical (unpaired) electrons. The molecule has 1 aliphatic heterocycles. The quantitative estimate of drug-likeness (QED) is 0.813. The Kier molecular flexibility index (Phi) is 4.72. The monoisotopic (exact) mass is 360 g/mol. The van der Waals surface area contributed by atoms with Crippen LogP contribution < -0.4 is 11.1 Å². The van der Waals surface area contributed by atoms with Crippen LogP contribution in [0.1, 0.15) is 12.8 Å². The van der Waals surface area contributed by atoms with E-state index in [0.29, 0.717) is 30.5 Å². The van der Waals surface area contributed by atoms with Gasteiger partial charge in [0.25, 0.3) is 0 Å². The highest BCUT2D eigenvalue weighted by atomic mass is 79.9. The summed E-state index contributed by atoms with van der Waals surface area (Å²) >= 11 is 8.27. The first kappa shape index (κ1) is 15.3. The van der Waals surface area contributed by atoms with Gasteiger partial charge in [0.2, 0.25) is 5.91 Å². The van der Waals surface area contributed by atoms with E-state index in [9.17, 15) is 9.18 Å². The van der Waals surface area contributed by atoms with Crippen LogP contribution in [0.25, 0.3) is 0 Å². The van der Waals surface area contributed by atoms with Gasteiger partial charge in [-0.2, -0.15) is 0 Å². The van der Waals surface area contributed by atoms with Crippen molar-refractivity contribution in [3.63, 3.8) is 0 Å². The second-order valence-corrected chi connectivity index (χ2v) is 5.99. The molecule has 1 amide bonds. The normalized spacial score (nSPS) is 17.5. The lowest BCUT2D eigenvalue weighted by Crippen LogP contribution is -2.49. The SMILES string of the molecule is NC(=S)C1(C(=O)Nc2cc(Br)ccc2F)CCOCC1. The van der Waals surface area contributed by atoms with Gasteiger partial charge in [-0.15, -0.1) is 0 Å². The summed E-state index contributed by atoms with van der Waals surface area (Å²) in [6.45, 7) is 0.817. The molecule has 0 unspecified atom stereocenters. The van der Waals surface area contributed by atoms with E-state index in [-0.39, 0.29) is 16.6 Å². The van der Waals surface area contributed by atoms with Gasteiger partial charge < -0.3 is 15.8 Å². The predicted molar refractivity (Wildman–Crippen MR) is 82.0 cm³/mol. The van der Waals surface area contributed by atoms with Crippen molar-refractivity contribution in [3.05, 3.63) is 28.5 Å². The fourth-order valence-corrected chi connectivity index (χ4v) is 2.80. The molecule has 2 rings (SSSR count). The molecular formula is C13H14BrFN2O2S. The van der Waals surface area contributed by atoms with Gasteiger partial charge in [-0.3, -0.25) is 4.79 Å². The fraction of sp³-hybridized carbons (Fsp3) is 0.385. The Morgan fingerprint density at radius 2 is 2.10 bits per heavy atom. The third-order valence-corrected chi connectivity index (χ3v) is 4.31. The van der Waals surface area contributed by atoms with Crippen LogP contribution in [0.2, 0.25) is 0 Å². The molecule has 0 saturated carbocycles. The summed E-state index contributed by atoms with van der Waals surface area (Å²) in [5.74, 6) is -0.892. The largest absolute Gasteiger partial charge is 0.392 e. The topological polar surface area (TPSA) is 64.4 Å². The molecule has 1 fully saturated rings. The van der Waals surface area contributed by atoms with Crippen LogP contribution in [0.3, 0.4) is 0 Å². The molecule has 3 N–H and O–H groups in total. The standard InChI is InChI=1S/C13H14BrFN2O2S/c14-8-1-2-9(15)10(7-8)17-12(18)13(11(16)20)3-5-19-6-4-13/h1-2,7H,3-6H2,(H2,16,20)(H,17,18). The Morgan fingerprint density at radius 3 is 2.70 bits per heavy atom. The van der Waals surface area contributed by atoms with Gasteiger partial charge in [0.15, 0.2) is 0 Å². The number of rotatable bonds is 3. The maximum absolute atomic E-state index is 13.7. The Balaban J connectivity index is 2.25. The highest BCUT2D eigenvalue weighted by Crippen LogP contribution is 2.33. The number of ether oxygens (including phenoxy) is 1. The number of amides is 1. The first-order valence-electron chi connectivity index (χ1n) is 6.10. The average molecular weight is 361 g/mol. The van der Waals surface area contributed by atoms with Gasteiger partial charge in [0.1, 0.15) is 11.2 Å². The molecule has 0 bridgehead atoms. The molecule has 4 nitrogen and oxygen atoms in total. The number of thiocarbonyl (C=S) groups is 1. The van der Waals surface area contributed by atoms with Gasteiger partial charge in [-0.05, 0) is 31.0 Å². The molecule has 1 saturated heterocycles. The Labute approximate surface area is 130 Å². The first-order chi connectivity index (χ1) is 9.45. The lowest BCUT2D eigenvalue weighted by molar-refractivity contribution is -0.126. The molecule has 7 heteroatoms. The zero-order valence-electron chi connectivity index (χ0n) is 10.6. The highest BCUT2D eigenvalue weighted by molar-refractivity contribution is 9.10. The Morgan fingerprint density at radius 1 is 1.45 bits per heavy atom. The number of nitrogens with two attached hydrogens (primary N) is 1. The van der Waals surface area contributed by atoms with Gasteiger partial charge >= 0.3 is 0 Å². The molecule has 1 aliphatic rings. The van der Waals surface area contributed by atoms with Crippen molar-refractivity contribution in [1.82, 2.24) is 0 Å². The van der Waals surface area contributed by atoms with Crippen molar-refractivity contribution >= 4 is 44.7 Å². The molecule has 1 heterocycles. The van der Waals surface area contributed by atoms with Gasteiger partial charge in [0.05, 0.1) is 10.7 Å². The fourth-order valence-electron chi connectivity index (χ4n) is 2.14. The number of anilines is 1. The average Bonchev–Trinajstić information content (AvgIpc) is 2.43. The zero-order valence-corrected chi connectivity index (χ0v) is 13.0. The summed E-state index contributed by atoms with van der Waals surface area (Å²) in [7, 11) is 0.